The minimum Gasteiger partial charge on any atom is -0.444 e. The lowest BCUT2D eigenvalue weighted by Gasteiger charge is -2.22. The third kappa shape index (κ3) is 5.22. The lowest BCUT2D eigenvalue weighted by molar-refractivity contribution is -0.115. The normalized spacial score (nSPS) is 12.6. The Bertz CT molecular complexity index is 1380. The summed E-state index contributed by atoms with van der Waals surface area (Å²) < 4.78 is 6.22. The number of ketones is 2. The van der Waals surface area contributed by atoms with Gasteiger partial charge in [0.1, 0.15) is 5.60 Å². The number of hydrogen-bond donors (Lipinski definition) is 3. The van der Waals surface area contributed by atoms with E-state index in [1.807, 2.05) is 42.6 Å². The van der Waals surface area contributed by atoms with E-state index in [2.05, 4.69) is 31.2 Å². The van der Waals surface area contributed by atoms with Crippen molar-refractivity contribution in [2.45, 2.75) is 38.7 Å². The van der Waals surface area contributed by atoms with Gasteiger partial charge in [0.25, 0.3) is 0 Å². The molecule has 4 aromatic rings. The maximum Gasteiger partial charge on any atom is 0.407 e. The molecule has 2 aromatic carbocycles. The average molecular weight is 524 g/mol. The molecule has 34 heavy (non-hydrogen) atoms. The molecule has 0 aliphatic carbocycles. The fraction of sp³-hybridized carbons (Fsp3) is 0.269. The molecule has 0 spiro atoms. The Hall–Kier alpha value is -3.39. The minimum atomic E-state index is -0.642. The summed E-state index contributed by atoms with van der Waals surface area (Å²) in [6.45, 7) is 5.50. The van der Waals surface area contributed by atoms with E-state index in [0.717, 1.165) is 26.5 Å². The Balaban J connectivity index is 1.58. The lowest BCUT2D eigenvalue weighted by atomic mass is 9.91. The molecule has 176 valence electrons. The SMILES string of the molecule is CC(C)(C)OC(=O)NCC(CC(=O)C(=O)c1c[nH]c2cc(Br)ccc12)c1c[nH]c2ccccc12. The van der Waals surface area contributed by atoms with Crippen LogP contribution in [0, 0.1) is 0 Å². The summed E-state index contributed by atoms with van der Waals surface area (Å²) in [4.78, 5) is 44.8. The number of amides is 1. The predicted molar refractivity (Wildman–Crippen MR) is 135 cm³/mol. The molecular weight excluding hydrogens is 498 g/mol. The maximum absolute atomic E-state index is 13.1. The van der Waals surface area contributed by atoms with Crippen LogP contribution in [-0.4, -0.2) is 39.8 Å². The maximum atomic E-state index is 13.1. The van der Waals surface area contributed by atoms with Crippen LogP contribution < -0.4 is 5.32 Å². The van der Waals surface area contributed by atoms with E-state index in [1.54, 1.807) is 33.0 Å². The smallest absolute Gasteiger partial charge is 0.407 e. The number of carbonyl (C=O) groups excluding carboxylic acids is 3. The summed E-state index contributed by atoms with van der Waals surface area (Å²) in [7, 11) is 0. The van der Waals surface area contributed by atoms with Gasteiger partial charge in [0, 0.05) is 57.6 Å². The average Bonchev–Trinajstić information content (AvgIpc) is 3.38. The Morgan fingerprint density at radius 1 is 1.00 bits per heavy atom. The molecule has 0 aliphatic heterocycles. The van der Waals surface area contributed by atoms with Crippen LogP contribution in [0.5, 0.6) is 0 Å². The second kappa shape index (κ2) is 9.46. The highest BCUT2D eigenvalue weighted by Crippen LogP contribution is 2.29. The van der Waals surface area contributed by atoms with Crippen molar-refractivity contribution < 1.29 is 19.1 Å². The molecule has 2 aromatic heterocycles. The second-order valence-corrected chi connectivity index (χ2v) is 10.1. The van der Waals surface area contributed by atoms with Crippen molar-refractivity contribution in [3.8, 4) is 0 Å². The summed E-state index contributed by atoms with van der Waals surface area (Å²) in [6, 6.07) is 13.2. The second-order valence-electron chi connectivity index (χ2n) is 9.22. The van der Waals surface area contributed by atoms with Gasteiger partial charge in [0.15, 0.2) is 0 Å². The molecule has 1 unspecified atom stereocenters. The number of H-pyrrole nitrogens is 2. The lowest BCUT2D eigenvalue weighted by Crippen LogP contribution is -2.35. The number of alkyl carbamates (subject to hydrolysis) is 1. The number of nitrogens with one attached hydrogen (secondary N) is 3. The van der Waals surface area contributed by atoms with E-state index >= 15 is 0 Å². The molecule has 3 N–H and O–H groups in total. The van der Waals surface area contributed by atoms with Crippen LogP contribution in [-0.2, 0) is 9.53 Å². The first-order chi connectivity index (χ1) is 16.1. The Morgan fingerprint density at radius 2 is 1.74 bits per heavy atom. The number of halogens is 1. The summed E-state index contributed by atoms with van der Waals surface area (Å²) in [5.74, 6) is -1.50. The number of rotatable bonds is 7. The van der Waals surface area contributed by atoms with Crippen molar-refractivity contribution in [3.05, 3.63) is 70.5 Å². The molecule has 0 bridgehead atoms. The largest absolute Gasteiger partial charge is 0.444 e. The van der Waals surface area contributed by atoms with Crippen LogP contribution in [0.15, 0.2) is 59.3 Å². The van der Waals surface area contributed by atoms with E-state index < -0.39 is 29.2 Å². The monoisotopic (exact) mass is 523 g/mol. The van der Waals surface area contributed by atoms with Crippen LogP contribution in [0.3, 0.4) is 0 Å². The van der Waals surface area contributed by atoms with Gasteiger partial charge in [-0.2, -0.15) is 0 Å². The first kappa shape index (κ1) is 23.8. The Labute approximate surface area is 205 Å². The fourth-order valence-electron chi connectivity index (χ4n) is 4.00. The minimum absolute atomic E-state index is 0.0559. The molecular formula is C26H26BrN3O4. The van der Waals surface area contributed by atoms with Crippen LogP contribution in [0.1, 0.15) is 49.0 Å². The summed E-state index contributed by atoms with van der Waals surface area (Å²) in [6.07, 6.45) is 2.77. The molecule has 1 atom stereocenters. The van der Waals surface area contributed by atoms with Crippen LogP contribution in [0.4, 0.5) is 4.79 Å². The first-order valence-corrected chi connectivity index (χ1v) is 11.8. The zero-order chi connectivity index (χ0) is 24.5. The Kier molecular flexibility index (Phi) is 6.61. The molecule has 8 heteroatoms. The van der Waals surface area contributed by atoms with Gasteiger partial charge in [-0.3, -0.25) is 9.59 Å². The predicted octanol–water partition coefficient (Wildman–Crippen LogP) is 5.86. The number of para-hydroxylation sites is 1. The van der Waals surface area contributed by atoms with Crippen LogP contribution in [0.25, 0.3) is 21.8 Å². The summed E-state index contributed by atoms with van der Waals surface area (Å²) >= 11 is 3.41. The highest BCUT2D eigenvalue weighted by molar-refractivity contribution is 9.10. The van der Waals surface area contributed by atoms with Gasteiger partial charge in [-0.15, -0.1) is 0 Å². The molecule has 1 amide bonds. The van der Waals surface area contributed by atoms with E-state index in [9.17, 15) is 14.4 Å². The van der Waals surface area contributed by atoms with Crippen LogP contribution in [0.2, 0.25) is 0 Å². The number of ether oxygens (including phenoxy) is 1. The van der Waals surface area contributed by atoms with Crippen molar-refractivity contribution >= 4 is 55.4 Å². The van der Waals surface area contributed by atoms with E-state index in [-0.39, 0.29) is 13.0 Å². The molecule has 0 aliphatic rings. The first-order valence-electron chi connectivity index (χ1n) is 11.0. The highest BCUT2D eigenvalue weighted by Gasteiger charge is 2.27. The number of fused-ring (bicyclic) bond motifs is 2. The number of aromatic amines is 2. The molecule has 0 radical (unpaired) electrons. The zero-order valence-electron chi connectivity index (χ0n) is 19.2. The molecule has 0 saturated carbocycles. The molecule has 2 heterocycles. The number of Topliss-reactive ketones (excluding diaryl/α,β-unsaturated/α-hetero) is 2. The van der Waals surface area contributed by atoms with Crippen LogP contribution >= 0.6 is 15.9 Å². The number of carbonyl (C=O) groups is 3. The van der Waals surface area contributed by atoms with E-state index in [0.29, 0.717) is 10.9 Å². The highest BCUT2D eigenvalue weighted by atomic mass is 79.9. The third-order valence-electron chi connectivity index (χ3n) is 5.53. The third-order valence-corrected chi connectivity index (χ3v) is 6.02. The number of hydrogen-bond acceptors (Lipinski definition) is 4. The number of benzene rings is 2. The van der Waals surface area contributed by atoms with Gasteiger partial charge >= 0.3 is 6.09 Å². The van der Waals surface area contributed by atoms with Crippen molar-refractivity contribution in [2.24, 2.45) is 0 Å². The zero-order valence-corrected chi connectivity index (χ0v) is 20.8. The quantitative estimate of drug-likeness (QED) is 0.208. The van der Waals surface area contributed by atoms with Gasteiger partial charge in [-0.25, -0.2) is 4.79 Å². The van der Waals surface area contributed by atoms with Gasteiger partial charge < -0.3 is 20.0 Å². The van der Waals surface area contributed by atoms with Gasteiger partial charge in [0.2, 0.25) is 11.6 Å². The van der Waals surface area contributed by atoms with E-state index in [4.69, 9.17) is 4.74 Å². The summed E-state index contributed by atoms with van der Waals surface area (Å²) in [5.41, 5.74) is 2.24. The Morgan fingerprint density at radius 3 is 2.50 bits per heavy atom. The molecule has 7 nitrogen and oxygen atoms in total. The molecule has 4 rings (SSSR count). The van der Waals surface area contributed by atoms with Crippen molar-refractivity contribution in [3.63, 3.8) is 0 Å². The van der Waals surface area contributed by atoms with Crippen molar-refractivity contribution in [1.29, 1.82) is 0 Å². The molecule has 0 saturated heterocycles. The van der Waals surface area contributed by atoms with Crippen molar-refractivity contribution in [1.82, 2.24) is 15.3 Å². The van der Waals surface area contributed by atoms with Gasteiger partial charge in [-0.1, -0.05) is 40.2 Å². The summed E-state index contributed by atoms with van der Waals surface area (Å²) in [5, 5.41) is 4.39. The topological polar surface area (TPSA) is 104 Å². The van der Waals surface area contributed by atoms with E-state index in [1.165, 1.54) is 0 Å². The number of aromatic nitrogens is 2. The van der Waals surface area contributed by atoms with Gasteiger partial charge in [-0.05, 0) is 44.5 Å². The standard InChI is InChI=1S/C26H26BrN3O4/c1-26(2,3)34-25(33)30-12-15(19-13-28-21-7-5-4-6-17(19)21)10-23(31)24(32)20-14-29-22-11-16(27)8-9-18(20)22/h4-9,11,13-15,28-29H,10,12H2,1-3H3,(H,30,33). The van der Waals surface area contributed by atoms with Gasteiger partial charge in [0.05, 0.1) is 5.56 Å². The van der Waals surface area contributed by atoms with Crippen molar-refractivity contribution in [2.75, 3.05) is 6.54 Å². The fourth-order valence-corrected chi connectivity index (χ4v) is 4.36. The molecule has 0 fully saturated rings.